The lowest BCUT2D eigenvalue weighted by atomic mass is 9.91. The summed E-state index contributed by atoms with van der Waals surface area (Å²) in [5.74, 6) is -0.826. The van der Waals surface area contributed by atoms with Gasteiger partial charge in [-0.25, -0.2) is 8.78 Å². The number of nitrogens with one attached hydrogen (secondary N) is 3. The summed E-state index contributed by atoms with van der Waals surface area (Å²) in [4.78, 5) is 4.15. The van der Waals surface area contributed by atoms with Crippen LogP contribution in [0.1, 0.15) is 30.0 Å². The predicted molar refractivity (Wildman–Crippen MR) is 105 cm³/mol. The fraction of sp³-hybridized carbons (Fsp3) is 0.450. The van der Waals surface area contributed by atoms with Crippen molar-refractivity contribution < 1.29 is 13.5 Å². The van der Waals surface area contributed by atoms with Gasteiger partial charge in [-0.3, -0.25) is 10.7 Å². The largest absolute Gasteiger partial charge is 0.492 e. The van der Waals surface area contributed by atoms with Crippen LogP contribution in [0.4, 0.5) is 8.78 Å². The van der Waals surface area contributed by atoms with E-state index in [-0.39, 0.29) is 18.5 Å². The number of aliphatic imine (C=N–C) groups is 1. The number of rotatable bonds is 2. The molecule has 2 unspecified atom stereocenters. The van der Waals surface area contributed by atoms with E-state index >= 15 is 4.39 Å². The van der Waals surface area contributed by atoms with Crippen molar-refractivity contribution in [2.75, 3.05) is 26.7 Å². The van der Waals surface area contributed by atoms with Gasteiger partial charge in [0.1, 0.15) is 23.6 Å². The minimum Gasteiger partial charge on any atom is -0.492 e. The molecule has 8 heteroatoms. The normalized spacial score (nSPS) is 28.5. The van der Waals surface area contributed by atoms with Crippen molar-refractivity contribution >= 4 is 11.4 Å². The Kier molecular flexibility index (Phi) is 4.84. The molecule has 2 atom stereocenters. The van der Waals surface area contributed by atoms with Crippen LogP contribution in [0, 0.1) is 5.82 Å². The summed E-state index contributed by atoms with van der Waals surface area (Å²) in [5.41, 5.74) is 9.37. The Hall–Kier alpha value is -2.45. The Morgan fingerprint density at radius 1 is 1.36 bits per heavy atom. The Labute approximate surface area is 162 Å². The second kappa shape index (κ2) is 7.18. The summed E-state index contributed by atoms with van der Waals surface area (Å²) >= 11 is 0. The number of ether oxygens (including phenoxy) is 1. The molecular weight excluding hydrogens is 364 g/mol. The van der Waals surface area contributed by atoms with Crippen LogP contribution in [0.3, 0.4) is 0 Å². The van der Waals surface area contributed by atoms with Gasteiger partial charge in [0.05, 0.1) is 12.2 Å². The molecule has 0 fully saturated rings. The molecule has 0 spiro atoms. The van der Waals surface area contributed by atoms with Crippen molar-refractivity contribution in [3.8, 4) is 5.75 Å². The van der Waals surface area contributed by atoms with Gasteiger partial charge in [0, 0.05) is 44.2 Å². The number of hydrogen-bond acceptors (Lipinski definition) is 5. The third kappa shape index (κ3) is 3.27. The lowest BCUT2D eigenvalue weighted by molar-refractivity contribution is 0.322. The molecule has 150 valence electrons. The number of nitrogens with zero attached hydrogens (tertiary/aromatic N) is 1. The molecule has 0 aromatic heterocycles. The van der Waals surface area contributed by atoms with Crippen LogP contribution in [0.5, 0.6) is 5.75 Å². The lowest BCUT2D eigenvalue weighted by Gasteiger charge is -2.38. The standard InChI is InChI=1S/C20H25F2N5O/c1-11-7-16(24-2)27-20(23,26-11)15-9-13-4-6-28-19(13)17(18(15)22)12-3-5-25-10-14(21)8-12/h3,7,9,14,25-26H,4-6,8,10,23H2,1-2H3,(H,24,27). The molecule has 4 rings (SSSR count). The van der Waals surface area contributed by atoms with Gasteiger partial charge in [0.25, 0.3) is 0 Å². The van der Waals surface area contributed by atoms with Crippen LogP contribution >= 0.6 is 0 Å². The smallest absolute Gasteiger partial charge is 0.192 e. The van der Waals surface area contributed by atoms with Crippen molar-refractivity contribution in [2.24, 2.45) is 10.7 Å². The molecule has 0 aliphatic carbocycles. The fourth-order valence-corrected chi connectivity index (χ4v) is 4.00. The van der Waals surface area contributed by atoms with Gasteiger partial charge in [-0.05, 0) is 30.2 Å². The maximum atomic E-state index is 15.9. The molecule has 1 aromatic rings. The molecule has 3 aliphatic heterocycles. The first-order valence-corrected chi connectivity index (χ1v) is 9.44. The average molecular weight is 389 g/mol. The number of alkyl halides is 1. The summed E-state index contributed by atoms with van der Waals surface area (Å²) in [7, 11) is 1.64. The summed E-state index contributed by atoms with van der Waals surface area (Å²) < 4.78 is 35.8. The van der Waals surface area contributed by atoms with Crippen LogP contribution in [0.15, 0.2) is 28.9 Å². The summed E-state index contributed by atoms with van der Waals surface area (Å²) in [6, 6.07) is 1.73. The number of halogens is 2. The maximum absolute atomic E-state index is 15.9. The van der Waals surface area contributed by atoms with Gasteiger partial charge < -0.3 is 20.7 Å². The molecule has 3 heterocycles. The molecule has 0 amide bonds. The van der Waals surface area contributed by atoms with E-state index in [4.69, 9.17) is 10.5 Å². The first kappa shape index (κ1) is 18.9. The molecule has 1 aromatic carbocycles. The van der Waals surface area contributed by atoms with E-state index in [1.165, 1.54) is 0 Å². The van der Waals surface area contributed by atoms with Crippen molar-refractivity contribution in [1.29, 1.82) is 0 Å². The second-order valence-electron chi connectivity index (χ2n) is 7.38. The van der Waals surface area contributed by atoms with E-state index < -0.39 is 17.8 Å². The van der Waals surface area contributed by atoms with Crippen LogP contribution < -0.4 is 26.4 Å². The number of amidine groups is 1. The van der Waals surface area contributed by atoms with E-state index in [9.17, 15) is 4.39 Å². The molecular formula is C20H25F2N5O. The van der Waals surface area contributed by atoms with E-state index in [2.05, 4.69) is 20.9 Å². The lowest BCUT2D eigenvalue weighted by Crippen LogP contribution is -2.64. The molecule has 3 aliphatic rings. The highest BCUT2D eigenvalue weighted by Crippen LogP contribution is 2.41. The van der Waals surface area contributed by atoms with E-state index in [0.717, 1.165) is 11.3 Å². The van der Waals surface area contributed by atoms with Crippen LogP contribution in [0.25, 0.3) is 5.57 Å². The van der Waals surface area contributed by atoms with E-state index in [1.54, 1.807) is 19.2 Å². The van der Waals surface area contributed by atoms with E-state index in [0.29, 0.717) is 42.3 Å². The SMILES string of the molecule is CN=C1C=C(C)NC(N)(c2cc3c(c(C4=CCNCC(F)C4)c2F)OCC3)N1. The summed E-state index contributed by atoms with van der Waals surface area (Å²) in [5, 5.41) is 9.18. The van der Waals surface area contributed by atoms with Gasteiger partial charge in [0.2, 0.25) is 0 Å². The predicted octanol–water partition coefficient (Wildman–Crippen LogP) is 1.67. The zero-order valence-electron chi connectivity index (χ0n) is 16.0. The Morgan fingerprint density at radius 2 is 2.18 bits per heavy atom. The van der Waals surface area contributed by atoms with Crippen LogP contribution in [-0.2, 0) is 12.2 Å². The van der Waals surface area contributed by atoms with Gasteiger partial charge in [-0.1, -0.05) is 6.08 Å². The zero-order valence-corrected chi connectivity index (χ0v) is 16.0. The van der Waals surface area contributed by atoms with Gasteiger partial charge in [-0.2, -0.15) is 0 Å². The number of benzene rings is 1. The molecule has 0 saturated carbocycles. The number of hydrogen-bond donors (Lipinski definition) is 4. The van der Waals surface area contributed by atoms with Gasteiger partial charge in [0.15, 0.2) is 5.79 Å². The Morgan fingerprint density at radius 3 is 2.96 bits per heavy atom. The zero-order chi connectivity index (χ0) is 19.9. The van der Waals surface area contributed by atoms with Crippen molar-refractivity contribution in [3.05, 3.63) is 46.4 Å². The topological polar surface area (TPSA) is 83.7 Å². The monoisotopic (exact) mass is 389 g/mol. The quantitative estimate of drug-likeness (QED) is 0.619. The third-order valence-electron chi connectivity index (χ3n) is 5.27. The average Bonchev–Trinajstić information content (AvgIpc) is 3.00. The highest BCUT2D eigenvalue weighted by molar-refractivity contribution is 5.95. The molecule has 0 saturated heterocycles. The summed E-state index contributed by atoms with van der Waals surface area (Å²) in [6.07, 6.45) is 3.32. The van der Waals surface area contributed by atoms with Crippen molar-refractivity contribution in [3.63, 3.8) is 0 Å². The molecule has 28 heavy (non-hydrogen) atoms. The third-order valence-corrected chi connectivity index (χ3v) is 5.27. The van der Waals surface area contributed by atoms with Gasteiger partial charge in [-0.15, -0.1) is 0 Å². The molecule has 0 radical (unpaired) electrons. The number of nitrogens with two attached hydrogens (primary N) is 1. The first-order valence-electron chi connectivity index (χ1n) is 9.44. The number of allylic oxidation sites excluding steroid dienone is 2. The molecule has 0 bridgehead atoms. The van der Waals surface area contributed by atoms with Gasteiger partial charge >= 0.3 is 0 Å². The van der Waals surface area contributed by atoms with Crippen molar-refractivity contribution in [1.82, 2.24) is 16.0 Å². The molecule has 6 nitrogen and oxygen atoms in total. The minimum atomic E-state index is -1.37. The Balaban J connectivity index is 1.87. The Bertz CT molecular complexity index is 895. The fourth-order valence-electron chi connectivity index (χ4n) is 4.00. The van der Waals surface area contributed by atoms with Crippen molar-refractivity contribution in [2.45, 2.75) is 31.7 Å². The summed E-state index contributed by atoms with van der Waals surface area (Å²) in [6.45, 7) is 3.03. The van der Waals surface area contributed by atoms with Crippen LogP contribution in [-0.4, -0.2) is 38.8 Å². The van der Waals surface area contributed by atoms with Crippen LogP contribution in [0.2, 0.25) is 0 Å². The maximum Gasteiger partial charge on any atom is 0.192 e. The first-order chi connectivity index (χ1) is 13.4. The highest BCUT2D eigenvalue weighted by Gasteiger charge is 2.38. The minimum absolute atomic E-state index is 0.127. The molecule has 5 N–H and O–H groups in total. The van der Waals surface area contributed by atoms with E-state index in [1.807, 2.05) is 13.0 Å². The second-order valence-corrected chi connectivity index (χ2v) is 7.38. The number of fused-ring (bicyclic) bond motifs is 1. The highest BCUT2D eigenvalue weighted by atomic mass is 19.1.